The van der Waals surface area contributed by atoms with E-state index in [1.807, 2.05) is 34.9 Å². The number of rotatable bonds is 8. The molecule has 0 aliphatic heterocycles. The molecule has 0 amide bonds. The van der Waals surface area contributed by atoms with Crippen molar-refractivity contribution in [1.29, 1.82) is 0 Å². The van der Waals surface area contributed by atoms with Crippen LogP contribution in [0.2, 0.25) is 5.02 Å². The van der Waals surface area contributed by atoms with E-state index in [4.69, 9.17) is 16.3 Å². The summed E-state index contributed by atoms with van der Waals surface area (Å²) in [5.74, 6) is 0.182. The Morgan fingerprint density at radius 3 is 2.43 bits per heavy atom. The average molecular weight is 492 g/mol. The lowest BCUT2D eigenvalue weighted by atomic mass is 10.1. The molecule has 3 aromatic heterocycles. The van der Waals surface area contributed by atoms with E-state index in [2.05, 4.69) is 49.7 Å². The number of halogens is 2. The highest BCUT2D eigenvalue weighted by Gasteiger charge is 2.15. The topological polar surface area (TPSA) is 82.7 Å². The average Bonchev–Trinajstić information content (AvgIpc) is 3.46. The molecular weight excluding hydrogens is 469 g/mol. The third kappa shape index (κ3) is 4.95. The minimum absolute atomic E-state index is 0.135. The van der Waals surface area contributed by atoms with Gasteiger partial charge in [0.1, 0.15) is 12.1 Å². The fraction of sp³-hybridized carbons (Fsp3) is 0.200. The van der Waals surface area contributed by atoms with Gasteiger partial charge in [0.2, 0.25) is 0 Å². The standard InChI is InChI=1S/C25H23ClFN7O/c1-16-9-31-33(11-16)12-17-3-5-18(6-4-17)13-34-14-20-24(29-15-30-25(20)32-34)28-10-19-21(26)7-8-22(35-2)23(19)27/h3-9,11,14-15H,10,12-13H2,1-2H3,(H,28,29,30,32). The van der Waals surface area contributed by atoms with E-state index in [1.165, 1.54) is 25.1 Å². The third-order valence-corrected chi connectivity index (χ3v) is 6.00. The first-order valence-corrected chi connectivity index (χ1v) is 11.4. The van der Waals surface area contributed by atoms with E-state index < -0.39 is 5.82 Å². The minimum Gasteiger partial charge on any atom is -0.494 e. The molecule has 0 radical (unpaired) electrons. The van der Waals surface area contributed by atoms with Gasteiger partial charge in [0.05, 0.1) is 31.8 Å². The van der Waals surface area contributed by atoms with Crippen LogP contribution in [0.1, 0.15) is 22.3 Å². The van der Waals surface area contributed by atoms with Gasteiger partial charge < -0.3 is 10.1 Å². The zero-order valence-electron chi connectivity index (χ0n) is 19.2. The van der Waals surface area contributed by atoms with Crippen LogP contribution in [0.4, 0.5) is 10.2 Å². The van der Waals surface area contributed by atoms with E-state index in [0.717, 1.165) is 23.1 Å². The number of ether oxygens (including phenoxy) is 1. The van der Waals surface area contributed by atoms with Crippen molar-refractivity contribution < 1.29 is 9.13 Å². The Labute approximate surface area is 206 Å². The fourth-order valence-corrected chi connectivity index (χ4v) is 4.06. The molecule has 10 heteroatoms. The highest BCUT2D eigenvalue weighted by Crippen LogP contribution is 2.28. The van der Waals surface area contributed by atoms with E-state index in [0.29, 0.717) is 28.6 Å². The number of fused-ring (bicyclic) bond motifs is 1. The monoisotopic (exact) mass is 491 g/mol. The number of benzene rings is 2. The highest BCUT2D eigenvalue weighted by atomic mass is 35.5. The van der Waals surface area contributed by atoms with Gasteiger partial charge in [0.25, 0.3) is 0 Å². The molecule has 0 unspecified atom stereocenters. The van der Waals surface area contributed by atoms with Crippen LogP contribution in [0.5, 0.6) is 5.75 Å². The minimum atomic E-state index is -0.500. The summed E-state index contributed by atoms with van der Waals surface area (Å²) in [6.45, 7) is 3.46. The quantitative estimate of drug-likeness (QED) is 0.334. The summed E-state index contributed by atoms with van der Waals surface area (Å²) in [6.07, 6.45) is 7.18. The Hall–Kier alpha value is -3.98. The van der Waals surface area contributed by atoms with Crippen molar-refractivity contribution in [2.75, 3.05) is 12.4 Å². The molecule has 0 bridgehead atoms. The second kappa shape index (κ2) is 9.71. The van der Waals surface area contributed by atoms with Gasteiger partial charge in [0.15, 0.2) is 17.2 Å². The predicted octanol–water partition coefficient (Wildman–Crippen LogP) is 4.84. The van der Waals surface area contributed by atoms with Crippen molar-refractivity contribution >= 4 is 28.5 Å². The largest absolute Gasteiger partial charge is 0.494 e. The molecule has 3 heterocycles. The molecule has 5 aromatic rings. The molecule has 8 nitrogen and oxygen atoms in total. The number of methoxy groups -OCH3 is 1. The van der Waals surface area contributed by atoms with Gasteiger partial charge in [-0.2, -0.15) is 10.2 Å². The summed E-state index contributed by atoms with van der Waals surface area (Å²) >= 11 is 6.21. The van der Waals surface area contributed by atoms with Crippen molar-refractivity contribution in [3.05, 3.63) is 94.4 Å². The fourth-order valence-electron chi connectivity index (χ4n) is 3.85. The lowest BCUT2D eigenvalue weighted by molar-refractivity contribution is 0.384. The molecular formula is C25H23ClFN7O. The zero-order valence-corrected chi connectivity index (χ0v) is 20.0. The van der Waals surface area contributed by atoms with Gasteiger partial charge in [-0.25, -0.2) is 14.4 Å². The number of nitrogens with one attached hydrogen (secondary N) is 1. The van der Waals surface area contributed by atoms with E-state index >= 15 is 0 Å². The number of hydrogen-bond donors (Lipinski definition) is 1. The van der Waals surface area contributed by atoms with Gasteiger partial charge in [-0.05, 0) is 35.7 Å². The second-order valence-electron chi connectivity index (χ2n) is 8.21. The Bertz CT molecular complexity index is 1480. The first kappa shape index (κ1) is 22.8. The maximum Gasteiger partial charge on any atom is 0.186 e. The number of hydrogen-bond acceptors (Lipinski definition) is 6. The lowest BCUT2D eigenvalue weighted by Crippen LogP contribution is -2.06. The first-order chi connectivity index (χ1) is 17.0. The summed E-state index contributed by atoms with van der Waals surface area (Å²) in [5.41, 5.74) is 4.26. The van der Waals surface area contributed by atoms with Crippen LogP contribution in [-0.2, 0) is 19.6 Å². The number of aromatic nitrogens is 6. The third-order valence-electron chi connectivity index (χ3n) is 5.64. The first-order valence-electron chi connectivity index (χ1n) is 11.0. The number of nitrogens with zero attached hydrogens (tertiary/aromatic N) is 6. The molecule has 2 aromatic carbocycles. The maximum atomic E-state index is 14.6. The molecule has 0 aliphatic carbocycles. The van der Waals surface area contributed by atoms with E-state index in [1.54, 1.807) is 6.07 Å². The molecule has 178 valence electrons. The van der Waals surface area contributed by atoms with Gasteiger partial charge in [-0.1, -0.05) is 35.9 Å². The highest BCUT2D eigenvalue weighted by molar-refractivity contribution is 6.31. The van der Waals surface area contributed by atoms with E-state index in [9.17, 15) is 4.39 Å². The smallest absolute Gasteiger partial charge is 0.186 e. The predicted molar refractivity (Wildman–Crippen MR) is 132 cm³/mol. The molecule has 0 fully saturated rings. The molecule has 0 spiro atoms. The van der Waals surface area contributed by atoms with Crippen molar-refractivity contribution in [2.45, 2.75) is 26.6 Å². The van der Waals surface area contributed by atoms with Crippen molar-refractivity contribution in [3.8, 4) is 5.75 Å². The normalized spacial score (nSPS) is 11.2. The lowest BCUT2D eigenvalue weighted by Gasteiger charge is -2.11. The van der Waals surface area contributed by atoms with Crippen LogP contribution in [-0.4, -0.2) is 36.6 Å². The van der Waals surface area contributed by atoms with Gasteiger partial charge in [0, 0.05) is 29.5 Å². The van der Waals surface area contributed by atoms with Crippen molar-refractivity contribution in [3.63, 3.8) is 0 Å². The van der Waals surface area contributed by atoms with E-state index in [-0.39, 0.29) is 12.3 Å². The van der Waals surface area contributed by atoms with Gasteiger partial charge in [-0.15, -0.1) is 0 Å². The van der Waals surface area contributed by atoms with Crippen LogP contribution in [0.15, 0.2) is 61.3 Å². The summed E-state index contributed by atoms with van der Waals surface area (Å²) < 4.78 is 23.4. The Morgan fingerprint density at radius 2 is 1.74 bits per heavy atom. The Kier molecular flexibility index (Phi) is 6.33. The Morgan fingerprint density at radius 1 is 1.00 bits per heavy atom. The molecule has 0 atom stereocenters. The summed E-state index contributed by atoms with van der Waals surface area (Å²) in [7, 11) is 1.42. The van der Waals surface area contributed by atoms with Gasteiger partial charge in [-0.3, -0.25) is 9.36 Å². The van der Waals surface area contributed by atoms with Crippen LogP contribution < -0.4 is 10.1 Å². The molecule has 1 N–H and O–H groups in total. The summed E-state index contributed by atoms with van der Waals surface area (Å²) in [4.78, 5) is 8.59. The van der Waals surface area contributed by atoms with Crippen LogP contribution in [0.3, 0.4) is 0 Å². The van der Waals surface area contributed by atoms with Crippen molar-refractivity contribution in [1.82, 2.24) is 29.5 Å². The molecule has 0 aliphatic rings. The maximum absolute atomic E-state index is 14.6. The zero-order chi connectivity index (χ0) is 24.4. The molecule has 0 saturated carbocycles. The summed E-state index contributed by atoms with van der Waals surface area (Å²) in [5, 5.41) is 13.1. The second-order valence-corrected chi connectivity index (χ2v) is 8.62. The molecule has 35 heavy (non-hydrogen) atoms. The molecule has 0 saturated heterocycles. The molecule has 5 rings (SSSR count). The summed E-state index contributed by atoms with van der Waals surface area (Å²) in [6, 6.07) is 11.4. The van der Waals surface area contributed by atoms with Crippen LogP contribution >= 0.6 is 11.6 Å². The SMILES string of the molecule is COc1ccc(Cl)c(CNc2ncnc3nn(Cc4ccc(Cn5cc(C)cn5)cc4)cc23)c1F. The number of aryl methyl sites for hydroxylation is 1. The van der Waals surface area contributed by atoms with Crippen LogP contribution in [0.25, 0.3) is 11.0 Å². The van der Waals surface area contributed by atoms with Crippen LogP contribution in [0, 0.1) is 12.7 Å². The van der Waals surface area contributed by atoms with Gasteiger partial charge >= 0.3 is 0 Å². The number of anilines is 1. The Balaban J connectivity index is 1.31. The van der Waals surface area contributed by atoms with Crippen molar-refractivity contribution in [2.24, 2.45) is 0 Å².